The van der Waals surface area contributed by atoms with Crippen molar-refractivity contribution in [3.63, 3.8) is 0 Å². The molecule has 0 saturated heterocycles. The summed E-state index contributed by atoms with van der Waals surface area (Å²) >= 11 is 0. The minimum atomic E-state index is -0.885. The first kappa shape index (κ1) is 20.8. The van der Waals surface area contributed by atoms with Crippen molar-refractivity contribution >= 4 is 28.9 Å². The minimum Gasteiger partial charge on any atom is -0.426 e. The zero-order valence-corrected chi connectivity index (χ0v) is 16.5. The van der Waals surface area contributed by atoms with Gasteiger partial charge in [-0.1, -0.05) is 30.3 Å². The van der Waals surface area contributed by atoms with Crippen LogP contribution in [0.25, 0.3) is 0 Å². The first-order chi connectivity index (χ1) is 14.4. The van der Waals surface area contributed by atoms with Crippen LogP contribution in [0.1, 0.15) is 33.2 Å². The average molecular weight is 402 g/mol. The SMILES string of the molecule is C[C@H](C(=O)c1ccc(OC(=O)Cc2ccccc2N)cc1)C(=O)c1ccccc1N. The van der Waals surface area contributed by atoms with Crippen molar-refractivity contribution in [3.8, 4) is 5.75 Å². The number of para-hydroxylation sites is 2. The van der Waals surface area contributed by atoms with E-state index in [0.717, 1.165) is 0 Å². The zero-order chi connectivity index (χ0) is 21.7. The maximum absolute atomic E-state index is 12.7. The third-order valence-electron chi connectivity index (χ3n) is 4.77. The van der Waals surface area contributed by atoms with Gasteiger partial charge in [-0.05, 0) is 55.0 Å². The fraction of sp³-hybridized carbons (Fsp3) is 0.125. The number of carbonyl (C=O) groups excluding carboxylic acids is 3. The van der Waals surface area contributed by atoms with Crippen LogP contribution in [0, 0.1) is 5.92 Å². The highest BCUT2D eigenvalue weighted by atomic mass is 16.5. The molecule has 3 rings (SSSR count). The molecule has 152 valence electrons. The standard InChI is InChI=1S/C24H22N2O4/c1-15(24(29)19-7-3-5-9-21(19)26)23(28)16-10-12-18(13-11-16)30-22(27)14-17-6-2-4-8-20(17)25/h2-13,15H,14,25-26H2,1H3/t15-/m1/s1. The molecule has 30 heavy (non-hydrogen) atoms. The van der Waals surface area contributed by atoms with Gasteiger partial charge in [0.1, 0.15) is 5.75 Å². The molecule has 6 nitrogen and oxygen atoms in total. The van der Waals surface area contributed by atoms with Crippen molar-refractivity contribution in [3.05, 3.63) is 89.5 Å². The second-order valence-electron chi connectivity index (χ2n) is 6.91. The number of hydrogen-bond acceptors (Lipinski definition) is 6. The summed E-state index contributed by atoms with van der Waals surface area (Å²) in [6.07, 6.45) is 0.0391. The largest absolute Gasteiger partial charge is 0.426 e. The number of benzene rings is 3. The van der Waals surface area contributed by atoms with Crippen molar-refractivity contribution in [2.75, 3.05) is 11.5 Å². The van der Waals surface area contributed by atoms with E-state index in [0.29, 0.717) is 33.8 Å². The summed E-state index contributed by atoms with van der Waals surface area (Å²) in [6, 6.07) is 19.8. The Hall–Kier alpha value is -3.93. The van der Waals surface area contributed by atoms with Gasteiger partial charge in [0.25, 0.3) is 0 Å². The normalized spacial score (nSPS) is 11.5. The van der Waals surface area contributed by atoms with Gasteiger partial charge in [0, 0.05) is 22.5 Å². The molecule has 0 heterocycles. The van der Waals surface area contributed by atoms with Gasteiger partial charge >= 0.3 is 5.97 Å². The van der Waals surface area contributed by atoms with Crippen LogP contribution >= 0.6 is 0 Å². The minimum absolute atomic E-state index is 0.0391. The fourth-order valence-corrected chi connectivity index (χ4v) is 3.03. The number of Topliss-reactive ketones (excluding diaryl/α,β-unsaturated/α-hetero) is 2. The van der Waals surface area contributed by atoms with Gasteiger partial charge in [-0.15, -0.1) is 0 Å². The van der Waals surface area contributed by atoms with Crippen LogP contribution < -0.4 is 16.2 Å². The van der Waals surface area contributed by atoms with Gasteiger partial charge in [-0.25, -0.2) is 0 Å². The highest BCUT2D eigenvalue weighted by molar-refractivity contribution is 6.17. The molecule has 1 atom stereocenters. The summed E-state index contributed by atoms with van der Waals surface area (Å²) in [5, 5.41) is 0. The summed E-state index contributed by atoms with van der Waals surface area (Å²) in [5.74, 6) is -1.72. The second kappa shape index (κ2) is 9.05. The lowest BCUT2D eigenvalue weighted by Crippen LogP contribution is -2.22. The van der Waals surface area contributed by atoms with Crippen molar-refractivity contribution in [1.29, 1.82) is 0 Å². The third kappa shape index (κ3) is 4.72. The number of carbonyl (C=O) groups is 3. The van der Waals surface area contributed by atoms with Gasteiger partial charge in [0.15, 0.2) is 11.6 Å². The predicted octanol–water partition coefficient (Wildman–Crippen LogP) is 3.70. The molecule has 4 N–H and O–H groups in total. The summed E-state index contributed by atoms with van der Waals surface area (Å²) in [7, 11) is 0. The van der Waals surface area contributed by atoms with Crippen molar-refractivity contribution in [2.24, 2.45) is 5.92 Å². The van der Waals surface area contributed by atoms with Crippen LogP contribution in [-0.2, 0) is 11.2 Å². The highest BCUT2D eigenvalue weighted by Gasteiger charge is 2.25. The van der Waals surface area contributed by atoms with Gasteiger partial charge in [0.05, 0.1) is 12.3 Å². The molecule has 0 aliphatic heterocycles. The third-order valence-corrected chi connectivity index (χ3v) is 4.77. The number of nitrogen functional groups attached to an aromatic ring is 2. The van der Waals surface area contributed by atoms with Crippen LogP contribution in [0.5, 0.6) is 5.75 Å². The molecule has 0 fully saturated rings. The van der Waals surface area contributed by atoms with Crippen molar-refractivity contribution < 1.29 is 19.1 Å². The Balaban J connectivity index is 1.65. The van der Waals surface area contributed by atoms with Crippen LogP contribution in [0.4, 0.5) is 11.4 Å². The van der Waals surface area contributed by atoms with Crippen LogP contribution in [-0.4, -0.2) is 17.5 Å². The molecule has 6 heteroatoms. The molecule has 0 aliphatic rings. The Morgan fingerprint density at radius 2 is 1.40 bits per heavy atom. The molecule has 0 amide bonds. The Bertz CT molecular complexity index is 1090. The number of ketones is 2. The topological polar surface area (TPSA) is 112 Å². The van der Waals surface area contributed by atoms with Crippen molar-refractivity contribution in [2.45, 2.75) is 13.3 Å². The van der Waals surface area contributed by atoms with Gasteiger partial charge in [0.2, 0.25) is 0 Å². The number of ether oxygens (including phenoxy) is 1. The second-order valence-corrected chi connectivity index (χ2v) is 6.91. The Kier molecular flexibility index (Phi) is 6.27. The Labute approximate surface area is 174 Å². The number of anilines is 2. The Morgan fingerprint density at radius 1 is 0.800 bits per heavy atom. The molecule has 3 aromatic carbocycles. The molecule has 0 saturated carbocycles. The van der Waals surface area contributed by atoms with Gasteiger partial charge in [-0.3, -0.25) is 14.4 Å². The molecule has 0 aliphatic carbocycles. The summed E-state index contributed by atoms with van der Waals surface area (Å²) in [5.41, 5.74) is 13.9. The lowest BCUT2D eigenvalue weighted by atomic mass is 9.91. The molecule has 0 bridgehead atoms. The van der Waals surface area contributed by atoms with Crippen LogP contribution in [0.15, 0.2) is 72.8 Å². The van der Waals surface area contributed by atoms with Gasteiger partial charge in [-0.2, -0.15) is 0 Å². The quantitative estimate of drug-likeness (QED) is 0.205. The van der Waals surface area contributed by atoms with E-state index in [1.54, 1.807) is 55.5 Å². The van der Waals surface area contributed by atoms with E-state index in [1.165, 1.54) is 24.3 Å². The summed E-state index contributed by atoms with van der Waals surface area (Å²) in [6.45, 7) is 1.55. The molecule has 0 spiro atoms. The van der Waals surface area contributed by atoms with E-state index in [1.807, 2.05) is 0 Å². The lowest BCUT2D eigenvalue weighted by Gasteiger charge is -2.12. The molecule has 0 unspecified atom stereocenters. The van der Waals surface area contributed by atoms with Crippen LogP contribution in [0.2, 0.25) is 0 Å². The maximum atomic E-state index is 12.7. The number of esters is 1. The van der Waals surface area contributed by atoms with E-state index < -0.39 is 11.9 Å². The van der Waals surface area contributed by atoms with Crippen molar-refractivity contribution in [1.82, 2.24) is 0 Å². The molecule has 3 aromatic rings. The summed E-state index contributed by atoms with van der Waals surface area (Å²) in [4.78, 5) is 37.5. The predicted molar refractivity (Wildman–Crippen MR) is 115 cm³/mol. The van der Waals surface area contributed by atoms with Crippen LogP contribution in [0.3, 0.4) is 0 Å². The van der Waals surface area contributed by atoms with Gasteiger partial charge < -0.3 is 16.2 Å². The van der Waals surface area contributed by atoms with E-state index in [2.05, 4.69) is 0 Å². The maximum Gasteiger partial charge on any atom is 0.315 e. The lowest BCUT2D eigenvalue weighted by molar-refractivity contribution is -0.133. The first-order valence-corrected chi connectivity index (χ1v) is 9.44. The zero-order valence-electron chi connectivity index (χ0n) is 16.5. The molecule has 0 aromatic heterocycles. The average Bonchev–Trinajstić information content (AvgIpc) is 2.75. The first-order valence-electron chi connectivity index (χ1n) is 9.44. The number of nitrogens with two attached hydrogens (primary N) is 2. The van der Waals surface area contributed by atoms with E-state index >= 15 is 0 Å². The monoisotopic (exact) mass is 402 g/mol. The number of hydrogen-bond donors (Lipinski definition) is 2. The van der Waals surface area contributed by atoms with E-state index in [-0.39, 0.29) is 18.0 Å². The van der Waals surface area contributed by atoms with E-state index in [4.69, 9.17) is 16.2 Å². The highest BCUT2D eigenvalue weighted by Crippen LogP contribution is 2.21. The smallest absolute Gasteiger partial charge is 0.315 e. The molecule has 0 radical (unpaired) electrons. The molecular weight excluding hydrogens is 380 g/mol. The number of rotatable bonds is 7. The molecular formula is C24H22N2O4. The Morgan fingerprint density at radius 3 is 2.03 bits per heavy atom. The summed E-state index contributed by atoms with van der Waals surface area (Å²) < 4.78 is 5.31. The van der Waals surface area contributed by atoms with E-state index in [9.17, 15) is 14.4 Å². The fourth-order valence-electron chi connectivity index (χ4n) is 3.03.